The van der Waals surface area contributed by atoms with Crippen LogP contribution in [0.4, 0.5) is 0 Å². The van der Waals surface area contributed by atoms with E-state index >= 15 is 0 Å². The minimum Gasteiger partial charge on any atom is -0.497 e. The average Bonchev–Trinajstić information content (AvgIpc) is 2.83. The van der Waals surface area contributed by atoms with Gasteiger partial charge in [-0.1, -0.05) is 11.6 Å². The van der Waals surface area contributed by atoms with Gasteiger partial charge in [-0.15, -0.1) is 0 Å². The van der Waals surface area contributed by atoms with Crippen molar-refractivity contribution in [2.75, 3.05) is 7.11 Å². The molecular weight excluding hydrogens is 240 g/mol. The lowest BCUT2D eigenvalue weighted by atomic mass is 9.95. The molecule has 2 aromatic rings. The lowest BCUT2D eigenvalue weighted by Crippen LogP contribution is -2.25. The minimum atomic E-state index is -1.28. The topological polar surface area (TPSA) is 58.1 Å². The highest BCUT2D eigenvalue weighted by Gasteiger charge is 2.30. The summed E-state index contributed by atoms with van der Waals surface area (Å²) in [5.74, 6) is 1.07. The van der Waals surface area contributed by atoms with Crippen LogP contribution in [0, 0.1) is 0 Å². The summed E-state index contributed by atoms with van der Waals surface area (Å²) in [6.45, 7) is 1.63. The van der Waals surface area contributed by atoms with Crippen LogP contribution in [0.1, 0.15) is 18.3 Å². The molecule has 0 saturated heterocycles. The van der Waals surface area contributed by atoms with Crippen molar-refractivity contribution in [2.24, 2.45) is 0 Å². The molecule has 1 aromatic heterocycles. The molecule has 0 amide bonds. The van der Waals surface area contributed by atoms with E-state index in [-0.39, 0.29) is 0 Å². The first-order valence-electron chi connectivity index (χ1n) is 5.12. The second kappa shape index (κ2) is 4.39. The molecule has 2 rings (SSSR count). The number of nitrogens with one attached hydrogen (secondary N) is 1. The van der Waals surface area contributed by atoms with Crippen molar-refractivity contribution in [2.45, 2.75) is 12.5 Å². The Morgan fingerprint density at radius 2 is 2.24 bits per heavy atom. The van der Waals surface area contributed by atoms with Crippen LogP contribution in [0.3, 0.4) is 0 Å². The quantitative estimate of drug-likeness (QED) is 0.882. The molecule has 90 valence electrons. The first-order chi connectivity index (χ1) is 8.05. The number of hydrogen-bond acceptors (Lipinski definition) is 3. The van der Waals surface area contributed by atoms with Gasteiger partial charge in [0.25, 0.3) is 0 Å². The van der Waals surface area contributed by atoms with E-state index in [4.69, 9.17) is 16.3 Å². The van der Waals surface area contributed by atoms with E-state index in [0.717, 1.165) is 0 Å². The first kappa shape index (κ1) is 12.0. The van der Waals surface area contributed by atoms with Crippen molar-refractivity contribution in [3.05, 3.63) is 47.0 Å². The van der Waals surface area contributed by atoms with Crippen molar-refractivity contribution in [3.63, 3.8) is 0 Å². The van der Waals surface area contributed by atoms with Crippen LogP contribution in [0.5, 0.6) is 5.75 Å². The Kier molecular flexibility index (Phi) is 3.09. The first-order valence-corrected chi connectivity index (χ1v) is 5.49. The van der Waals surface area contributed by atoms with Gasteiger partial charge in [0.2, 0.25) is 0 Å². The molecule has 2 N–H and O–H groups in total. The molecule has 0 spiro atoms. The molecular formula is C12H13ClN2O2. The molecule has 1 atom stereocenters. The fourth-order valence-electron chi connectivity index (χ4n) is 1.66. The van der Waals surface area contributed by atoms with E-state index in [1.807, 2.05) is 0 Å². The molecule has 1 unspecified atom stereocenters. The zero-order chi connectivity index (χ0) is 12.5. The van der Waals surface area contributed by atoms with Gasteiger partial charge in [-0.05, 0) is 25.1 Å². The summed E-state index contributed by atoms with van der Waals surface area (Å²) in [5, 5.41) is 11.0. The lowest BCUT2D eigenvalue weighted by Gasteiger charge is -2.23. The van der Waals surface area contributed by atoms with E-state index in [1.165, 1.54) is 0 Å². The maximum atomic E-state index is 10.5. The van der Waals surface area contributed by atoms with Crippen molar-refractivity contribution in [1.82, 2.24) is 9.97 Å². The number of rotatable bonds is 3. The fraction of sp³-hybridized carbons (Fsp3) is 0.250. The molecule has 4 nitrogen and oxygen atoms in total. The van der Waals surface area contributed by atoms with Crippen molar-refractivity contribution in [3.8, 4) is 5.75 Å². The molecule has 0 radical (unpaired) electrons. The SMILES string of the molecule is COc1ccc(Cl)c(C(C)(O)c2ncc[nH]2)c1. The van der Waals surface area contributed by atoms with Gasteiger partial charge in [-0.3, -0.25) is 0 Å². The maximum absolute atomic E-state index is 10.5. The number of ether oxygens (including phenoxy) is 1. The second-order valence-electron chi connectivity index (χ2n) is 3.86. The lowest BCUT2D eigenvalue weighted by molar-refractivity contribution is 0.0930. The smallest absolute Gasteiger partial charge is 0.146 e. The standard InChI is InChI=1S/C12H13ClN2O2/c1-12(16,11-14-5-6-15-11)9-7-8(17-2)3-4-10(9)13/h3-7,16H,1-2H3,(H,14,15). The number of nitrogens with zero attached hydrogens (tertiary/aromatic N) is 1. The van der Waals surface area contributed by atoms with Crippen molar-refractivity contribution >= 4 is 11.6 Å². The number of methoxy groups -OCH3 is 1. The predicted octanol–water partition coefficient (Wildman–Crippen LogP) is 2.33. The fourth-order valence-corrected chi connectivity index (χ4v) is 1.97. The molecule has 0 aliphatic rings. The summed E-state index contributed by atoms with van der Waals surface area (Å²) >= 11 is 6.10. The molecule has 1 aromatic carbocycles. The molecule has 0 aliphatic carbocycles. The number of benzene rings is 1. The zero-order valence-corrected chi connectivity index (χ0v) is 10.3. The van der Waals surface area contributed by atoms with Crippen molar-refractivity contribution in [1.29, 1.82) is 0 Å². The van der Waals surface area contributed by atoms with Gasteiger partial charge in [0.05, 0.1) is 7.11 Å². The molecule has 17 heavy (non-hydrogen) atoms. The monoisotopic (exact) mass is 252 g/mol. The summed E-state index contributed by atoms with van der Waals surface area (Å²) in [4.78, 5) is 6.94. The third kappa shape index (κ3) is 2.14. The summed E-state index contributed by atoms with van der Waals surface area (Å²) in [5.41, 5.74) is -0.733. The Morgan fingerprint density at radius 3 is 2.82 bits per heavy atom. The number of hydrogen-bond donors (Lipinski definition) is 2. The number of halogens is 1. The van der Waals surface area contributed by atoms with E-state index in [1.54, 1.807) is 44.6 Å². The maximum Gasteiger partial charge on any atom is 0.146 e. The van der Waals surface area contributed by atoms with E-state index < -0.39 is 5.60 Å². The molecule has 1 heterocycles. The van der Waals surface area contributed by atoms with Crippen LogP contribution in [0.2, 0.25) is 5.02 Å². The van der Waals surface area contributed by atoms with Gasteiger partial charge >= 0.3 is 0 Å². The number of imidazole rings is 1. The third-order valence-electron chi connectivity index (χ3n) is 2.66. The van der Waals surface area contributed by atoms with Crippen LogP contribution in [-0.4, -0.2) is 22.2 Å². The van der Waals surface area contributed by atoms with Crippen LogP contribution in [0.25, 0.3) is 0 Å². The van der Waals surface area contributed by atoms with Gasteiger partial charge in [-0.2, -0.15) is 0 Å². The van der Waals surface area contributed by atoms with E-state index in [9.17, 15) is 5.11 Å². The summed E-state index contributed by atoms with van der Waals surface area (Å²) in [6.07, 6.45) is 3.23. The Labute approximate surface area is 104 Å². The highest BCUT2D eigenvalue weighted by Crippen LogP contribution is 2.34. The second-order valence-corrected chi connectivity index (χ2v) is 4.26. The molecule has 0 bridgehead atoms. The Balaban J connectivity index is 2.52. The van der Waals surface area contributed by atoms with E-state index in [2.05, 4.69) is 9.97 Å². The number of aliphatic hydroxyl groups is 1. The van der Waals surface area contributed by atoms with Gasteiger partial charge in [0.15, 0.2) is 0 Å². The number of aromatic amines is 1. The average molecular weight is 253 g/mol. The summed E-state index contributed by atoms with van der Waals surface area (Å²) < 4.78 is 5.12. The van der Waals surface area contributed by atoms with Crippen LogP contribution >= 0.6 is 11.6 Å². The van der Waals surface area contributed by atoms with Crippen LogP contribution in [0.15, 0.2) is 30.6 Å². The van der Waals surface area contributed by atoms with Gasteiger partial charge in [0.1, 0.15) is 17.2 Å². The number of H-pyrrole nitrogens is 1. The summed E-state index contributed by atoms with van der Waals surface area (Å²) in [7, 11) is 1.56. The number of aromatic nitrogens is 2. The molecule has 0 aliphatic heterocycles. The minimum absolute atomic E-state index is 0.438. The normalized spacial score (nSPS) is 14.4. The largest absolute Gasteiger partial charge is 0.497 e. The summed E-state index contributed by atoms with van der Waals surface area (Å²) in [6, 6.07) is 5.13. The van der Waals surface area contributed by atoms with Gasteiger partial charge in [-0.25, -0.2) is 4.98 Å². The Hall–Kier alpha value is -1.52. The van der Waals surface area contributed by atoms with Gasteiger partial charge in [0, 0.05) is 23.0 Å². The van der Waals surface area contributed by atoms with Gasteiger partial charge < -0.3 is 14.8 Å². The third-order valence-corrected chi connectivity index (χ3v) is 2.99. The zero-order valence-electron chi connectivity index (χ0n) is 9.57. The van der Waals surface area contributed by atoms with Crippen LogP contribution < -0.4 is 4.74 Å². The molecule has 5 heteroatoms. The van der Waals surface area contributed by atoms with Crippen molar-refractivity contribution < 1.29 is 9.84 Å². The van der Waals surface area contributed by atoms with E-state index in [0.29, 0.717) is 22.2 Å². The predicted molar refractivity (Wildman–Crippen MR) is 65.3 cm³/mol. The highest BCUT2D eigenvalue weighted by molar-refractivity contribution is 6.31. The van der Waals surface area contributed by atoms with Crippen LogP contribution in [-0.2, 0) is 5.60 Å². The Bertz CT molecular complexity index is 509. The molecule has 0 saturated carbocycles. The Morgan fingerprint density at radius 1 is 1.47 bits per heavy atom. The highest BCUT2D eigenvalue weighted by atomic mass is 35.5. The molecule has 0 fully saturated rings.